The van der Waals surface area contributed by atoms with Gasteiger partial charge >= 0.3 is 0 Å². The summed E-state index contributed by atoms with van der Waals surface area (Å²) in [7, 11) is -1.25. The number of hydrogen-bond donors (Lipinski definition) is 1. The maximum atomic E-state index is 12.4. The molecular weight excluding hydrogens is 328 g/mol. The van der Waals surface area contributed by atoms with Crippen LogP contribution in [0.3, 0.4) is 0 Å². The van der Waals surface area contributed by atoms with Crippen molar-refractivity contribution in [2.24, 2.45) is 0 Å². The van der Waals surface area contributed by atoms with Gasteiger partial charge in [0.15, 0.2) is 0 Å². The molecule has 24 heavy (non-hydrogen) atoms. The number of nitrogens with zero attached hydrogens (tertiary/aromatic N) is 1. The Morgan fingerprint density at radius 2 is 1.42 bits per heavy atom. The average molecular weight is 346 g/mol. The first-order valence-corrected chi connectivity index (χ1v) is 11.4. The number of rotatable bonds is 5. The molecule has 0 atom stereocenters. The third-order valence-electron chi connectivity index (χ3n) is 4.04. The van der Waals surface area contributed by atoms with Crippen molar-refractivity contribution in [2.45, 2.75) is 32.4 Å². The molecule has 0 aliphatic heterocycles. The molecule has 0 unspecified atom stereocenters. The molecule has 0 spiro atoms. The zero-order valence-corrected chi connectivity index (χ0v) is 14.8. The molecule has 0 aliphatic rings. The fourth-order valence-electron chi connectivity index (χ4n) is 2.60. The van der Waals surface area contributed by atoms with Crippen LogP contribution >= 0.6 is 0 Å². The molecule has 3 rings (SSSR count). The van der Waals surface area contributed by atoms with Crippen molar-refractivity contribution in [3.8, 4) is 0 Å². The molecule has 7 nitrogen and oxygen atoms in total. The van der Waals surface area contributed by atoms with E-state index in [0.29, 0.717) is 6.61 Å². The quantitative estimate of drug-likeness (QED) is 0.543. The van der Waals surface area contributed by atoms with Crippen LogP contribution in [0.2, 0.25) is 25.7 Å². The molecule has 0 bridgehead atoms. The minimum Gasteiger partial charge on any atom is -0.361 e. The smallest absolute Gasteiger partial charge is 0.263 e. The van der Waals surface area contributed by atoms with Crippen LogP contribution in [-0.2, 0) is 11.5 Å². The lowest BCUT2D eigenvalue weighted by Gasteiger charge is -2.15. The van der Waals surface area contributed by atoms with Crippen LogP contribution in [0.4, 0.5) is 0 Å². The summed E-state index contributed by atoms with van der Waals surface area (Å²) >= 11 is 0. The van der Waals surface area contributed by atoms with Gasteiger partial charge in [0.05, 0.1) is 21.5 Å². The number of nitrogens with one attached hydrogen (secondary N) is 1. The molecule has 1 aromatic carbocycles. The number of hydrogen-bond acceptors (Lipinski definition) is 5. The fourth-order valence-corrected chi connectivity index (χ4v) is 3.36. The molecule has 126 valence electrons. The van der Waals surface area contributed by atoms with E-state index in [-0.39, 0.29) is 28.3 Å². The van der Waals surface area contributed by atoms with Gasteiger partial charge in [0.25, 0.3) is 22.2 Å². The van der Waals surface area contributed by atoms with E-state index < -0.39 is 30.3 Å². The number of fused-ring (bicyclic) bond motifs is 2. The Bertz CT molecular complexity index is 1050. The molecule has 2 aromatic heterocycles. The molecule has 0 saturated heterocycles. The van der Waals surface area contributed by atoms with Gasteiger partial charge in [-0.25, -0.2) is 4.57 Å². The second-order valence-electron chi connectivity index (χ2n) is 7.11. The minimum atomic E-state index is -1.25. The number of aromatic amines is 1. The normalized spacial score (nSPS) is 12.5. The Morgan fingerprint density at radius 1 is 0.917 bits per heavy atom. The lowest BCUT2D eigenvalue weighted by atomic mass is 10.1. The van der Waals surface area contributed by atoms with Gasteiger partial charge in [0.2, 0.25) is 0 Å². The predicted octanol–water partition coefficient (Wildman–Crippen LogP) is 0.751. The molecule has 0 aliphatic carbocycles. The molecule has 0 amide bonds. The summed E-state index contributed by atoms with van der Waals surface area (Å²) in [6.45, 7) is 6.99. The standard InChI is InChI=1S/C16H18N2O5Si/c1-24(2,3)5-4-23-8-18-15(21)11-6-9-10(7-12(11)16(18)22)14(20)17-13(9)19/h6-7H,4-5,8H2,1-3H3,(H,17,19,20). The highest BCUT2D eigenvalue weighted by Gasteiger charge is 2.17. The van der Waals surface area contributed by atoms with Gasteiger partial charge in [-0.2, -0.15) is 0 Å². The Kier molecular flexibility index (Phi) is 3.88. The highest BCUT2D eigenvalue weighted by molar-refractivity contribution is 6.76. The van der Waals surface area contributed by atoms with Crippen LogP contribution < -0.4 is 22.2 Å². The highest BCUT2D eigenvalue weighted by atomic mass is 28.3. The van der Waals surface area contributed by atoms with Gasteiger partial charge in [-0.05, 0) is 18.2 Å². The Labute approximate surface area is 137 Å². The summed E-state index contributed by atoms with van der Waals surface area (Å²) in [5, 5.41) is 0.526. The van der Waals surface area contributed by atoms with E-state index in [2.05, 4.69) is 24.6 Å². The summed E-state index contributed by atoms with van der Waals surface area (Å²) in [4.78, 5) is 50.3. The van der Waals surface area contributed by atoms with Gasteiger partial charge in [-0.15, -0.1) is 0 Å². The van der Waals surface area contributed by atoms with Crippen molar-refractivity contribution in [1.29, 1.82) is 0 Å². The lowest BCUT2D eigenvalue weighted by Crippen LogP contribution is -2.28. The monoisotopic (exact) mass is 346 g/mol. The van der Waals surface area contributed by atoms with E-state index in [4.69, 9.17) is 4.74 Å². The highest BCUT2D eigenvalue weighted by Crippen LogP contribution is 2.13. The van der Waals surface area contributed by atoms with Crippen molar-refractivity contribution in [3.63, 3.8) is 0 Å². The van der Waals surface area contributed by atoms with Gasteiger partial charge < -0.3 is 4.74 Å². The van der Waals surface area contributed by atoms with E-state index in [0.717, 1.165) is 10.6 Å². The first kappa shape index (κ1) is 16.5. The molecule has 0 radical (unpaired) electrons. The summed E-state index contributed by atoms with van der Waals surface area (Å²) in [5.41, 5.74) is -2.11. The molecule has 8 heteroatoms. The van der Waals surface area contributed by atoms with E-state index >= 15 is 0 Å². The molecule has 3 aromatic rings. The van der Waals surface area contributed by atoms with Crippen molar-refractivity contribution in [1.82, 2.24) is 9.55 Å². The number of ether oxygens (including phenoxy) is 1. The maximum absolute atomic E-state index is 12.4. The van der Waals surface area contributed by atoms with Crippen molar-refractivity contribution >= 4 is 29.6 Å². The summed E-state index contributed by atoms with van der Waals surface area (Å²) in [6.07, 6.45) is 0. The zero-order chi connectivity index (χ0) is 17.6. The minimum absolute atomic E-state index is 0.123. The van der Waals surface area contributed by atoms with Gasteiger partial charge in [-0.3, -0.25) is 24.2 Å². The van der Waals surface area contributed by atoms with E-state index in [9.17, 15) is 19.2 Å². The Hall–Kier alpha value is -2.32. The maximum Gasteiger partial charge on any atom is 0.263 e. The lowest BCUT2D eigenvalue weighted by molar-refractivity contribution is 0.0838. The third-order valence-corrected chi connectivity index (χ3v) is 5.75. The van der Waals surface area contributed by atoms with Crippen LogP contribution in [0.15, 0.2) is 31.3 Å². The number of H-pyrrole nitrogens is 1. The van der Waals surface area contributed by atoms with E-state index in [1.54, 1.807) is 0 Å². The van der Waals surface area contributed by atoms with Crippen LogP contribution in [0.5, 0.6) is 0 Å². The van der Waals surface area contributed by atoms with Gasteiger partial charge in [0.1, 0.15) is 6.73 Å². The first-order chi connectivity index (χ1) is 11.2. The van der Waals surface area contributed by atoms with Crippen molar-refractivity contribution in [2.75, 3.05) is 6.61 Å². The number of aromatic nitrogens is 2. The van der Waals surface area contributed by atoms with E-state index in [1.165, 1.54) is 12.1 Å². The number of benzene rings is 1. The van der Waals surface area contributed by atoms with Crippen LogP contribution in [0.1, 0.15) is 0 Å². The largest absolute Gasteiger partial charge is 0.361 e. The summed E-state index contributed by atoms with van der Waals surface area (Å²) in [6, 6.07) is 3.56. The van der Waals surface area contributed by atoms with Crippen molar-refractivity contribution < 1.29 is 4.74 Å². The summed E-state index contributed by atoms with van der Waals surface area (Å²) in [5.74, 6) is 0. The second-order valence-corrected chi connectivity index (χ2v) is 12.7. The first-order valence-electron chi connectivity index (χ1n) is 7.67. The zero-order valence-electron chi connectivity index (χ0n) is 13.8. The third kappa shape index (κ3) is 2.78. The SMILES string of the molecule is C[Si](C)(C)CCOCn1c(=O)c2cc3c(=O)[nH]c(=O)c3cc2c1=O. The molecule has 0 fully saturated rings. The topological polar surface area (TPSA) is 98.2 Å². The summed E-state index contributed by atoms with van der Waals surface area (Å²) < 4.78 is 6.49. The molecule has 0 saturated carbocycles. The second kappa shape index (κ2) is 5.64. The van der Waals surface area contributed by atoms with Crippen LogP contribution in [0, 0.1) is 0 Å². The van der Waals surface area contributed by atoms with Gasteiger partial charge in [0, 0.05) is 14.7 Å². The van der Waals surface area contributed by atoms with Gasteiger partial charge in [-0.1, -0.05) is 19.6 Å². The van der Waals surface area contributed by atoms with Crippen LogP contribution in [0.25, 0.3) is 21.5 Å². The Morgan fingerprint density at radius 3 is 1.88 bits per heavy atom. The predicted molar refractivity (Wildman–Crippen MR) is 95.4 cm³/mol. The van der Waals surface area contributed by atoms with Crippen LogP contribution in [-0.4, -0.2) is 24.2 Å². The fraction of sp³-hybridized carbons (Fsp3) is 0.375. The molecule has 2 heterocycles. The molecule has 1 N–H and O–H groups in total. The molecular formula is C16H18N2O5Si. The average Bonchev–Trinajstić information content (AvgIpc) is 2.90. The van der Waals surface area contributed by atoms with E-state index in [1.807, 2.05) is 0 Å². The Balaban J connectivity index is 2.01. The van der Waals surface area contributed by atoms with Crippen molar-refractivity contribution in [3.05, 3.63) is 53.5 Å².